The summed E-state index contributed by atoms with van der Waals surface area (Å²) in [6.45, 7) is 0. The Morgan fingerprint density at radius 3 is 2.18 bits per heavy atom. The van der Waals surface area contributed by atoms with Crippen LogP contribution in [-0.4, -0.2) is 30.4 Å². The van der Waals surface area contributed by atoms with E-state index in [1.165, 1.54) is 0 Å². The van der Waals surface area contributed by atoms with Gasteiger partial charge in [-0.2, -0.15) is 0 Å². The van der Waals surface area contributed by atoms with E-state index < -0.39 is 25.8 Å². The van der Waals surface area contributed by atoms with Gasteiger partial charge in [-0.05, 0) is 0 Å². The van der Waals surface area contributed by atoms with Crippen LogP contribution < -0.4 is 3.58 Å². The molecule has 0 heterocycles. The third-order valence-electron chi connectivity index (χ3n) is 1.05. The minimum atomic E-state index is -3.72. The van der Waals surface area contributed by atoms with E-state index in [9.17, 15) is 4.57 Å². The van der Waals surface area contributed by atoms with Crippen molar-refractivity contribution in [2.75, 3.05) is 0 Å². The first-order valence-corrected chi connectivity index (χ1v) is 9.84. The Morgan fingerprint density at radius 1 is 1.18 bits per heavy atom. The predicted octanol–water partition coefficient (Wildman–Crippen LogP) is 0.109. The van der Waals surface area contributed by atoms with Crippen molar-refractivity contribution in [1.29, 1.82) is 0 Å². The second kappa shape index (κ2) is 3.72. The third kappa shape index (κ3) is 3.91. The van der Waals surface area contributed by atoms with Gasteiger partial charge >= 0.3 is 74.1 Å². The molecule has 3 nitrogen and oxygen atoms in total. The Kier molecular flexibility index (Phi) is 3.13. The van der Waals surface area contributed by atoms with Gasteiger partial charge in [-0.1, -0.05) is 0 Å². The van der Waals surface area contributed by atoms with Crippen LogP contribution in [0.2, 0.25) is 0 Å². The summed E-state index contributed by atoms with van der Waals surface area (Å²) >= 11 is -1.68. The van der Waals surface area contributed by atoms with E-state index in [-0.39, 0.29) is 0 Å². The molecule has 0 aliphatic carbocycles. The summed E-state index contributed by atoms with van der Waals surface area (Å²) in [6, 6.07) is 8.97. The van der Waals surface area contributed by atoms with Crippen molar-refractivity contribution in [3.8, 4) is 0 Å². The van der Waals surface area contributed by atoms with Gasteiger partial charge in [0.15, 0.2) is 0 Å². The Balaban J connectivity index is 2.74. The first-order chi connectivity index (χ1) is 5.08. The van der Waals surface area contributed by atoms with Crippen molar-refractivity contribution < 1.29 is 14.4 Å². The van der Waals surface area contributed by atoms with E-state index in [0.717, 1.165) is 3.58 Å². The molecule has 5 heteroatoms. The average Bonchev–Trinajstić information content (AvgIpc) is 1.85. The molecule has 1 rings (SSSR count). The fourth-order valence-corrected chi connectivity index (χ4v) is 5.87. The number of hydrogen-bond donors (Lipinski definition) is 2. The van der Waals surface area contributed by atoms with E-state index in [0.29, 0.717) is 0 Å². The van der Waals surface area contributed by atoms with Gasteiger partial charge < -0.3 is 0 Å². The van der Waals surface area contributed by atoms with Crippen LogP contribution in [0.4, 0.5) is 0 Å². The number of benzene rings is 1. The van der Waals surface area contributed by atoms with Crippen LogP contribution >= 0.6 is 5.25 Å². The van der Waals surface area contributed by atoms with Gasteiger partial charge in [0.25, 0.3) is 0 Å². The van der Waals surface area contributed by atoms with Gasteiger partial charge in [0.2, 0.25) is 0 Å². The summed E-state index contributed by atoms with van der Waals surface area (Å²) in [5.41, 5.74) is 0. The third-order valence-corrected chi connectivity index (χ3v) is 7.25. The molecular formula is C6H7O3PSn. The molecule has 1 aromatic rings. The molecule has 0 saturated carbocycles. The summed E-state index contributed by atoms with van der Waals surface area (Å²) in [7, 11) is 0. The SMILES string of the molecule is O=[P](O)(O)[Sn][c]1ccccc1. The second-order valence-electron chi connectivity index (χ2n) is 2.02. The molecule has 0 spiro atoms. The van der Waals surface area contributed by atoms with Crippen LogP contribution in [0.25, 0.3) is 0 Å². The topological polar surface area (TPSA) is 57.5 Å². The Hall–Kier alpha value is 0.169. The molecule has 0 saturated heterocycles. The maximum atomic E-state index is 10.6. The number of hydrogen-bond acceptors (Lipinski definition) is 1. The first kappa shape index (κ1) is 9.26. The van der Waals surface area contributed by atoms with Gasteiger partial charge in [0.05, 0.1) is 0 Å². The van der Waals surface area contributed by atoms with Crippen LogP contribution in [0.3, 0.4) is 0 Å². The fourth-order valence-electron chi connectivity index (χ4n) is 0.681. The Morgan fingerprint density at radius 2 is 1.73 bits per heavy atom. The molecule has 2 N–H and O–H groups in total. The molecule has 11 heavy (non-hydrogen) atoms. The molecule has 0 aliphatic heterocycles. The molecule has 0 bridgehead atoms. The van der Waals surface area contributed by atoms with Gasteiger partial charge in [-0.25, -0.2) is 0 Å². The van der Waals surface area contributed by atoms with E-state index in [1.807, 2.05) is 6.07 Å². The Bertz CT molecular complexity index is 268. The summed E-state index contributed by atoms with van der Waals surface area (Å²) in [5.74, 6) is 0. The molecule has 0 amide bonds. The zero-order valence-corrected chi connectivity index (χ0v) is 9.39. The zero-order chi connectivity index (χ0) is 8.32. The van der Waals surface area contributed by atoms with Gasteiger partial charge in [0.1, 0.15) is 0 Å². The second-order valence-corrected chi connectivity index (χ2v) is 11.9. The van der Waals surface area contributed by atoms with E-state index in [4.69, 9.17) is 9.79 Å². The first-order valence-electron chi connectivity index (χ1n) is 2.97. The Labute approximate surface area is 74.2 Å². The monoisotopic (exact) mass is 278 g/mol. The summed E-state index contributed by atoms with van der Waals surface area (Å²) in [4.78, 5) is 17.3. The van der Waals surface area contributed by atoms with Crippen molar-refractivity contribution in [3.63, 3.8) is 0 Å². The van der Waals surface area contributed by atoms with Crippen LogP contribution in [0, 0.1) is 0 Å². The summed E-state index contributed by atoms with van der Waals surface area (Å²) < 4.78 is 11.4. The predicted molar refractivity (Wildman–Crippen MR) is 43.9 cm³/mol. The molecule has 1 aromatic carbocycles. The molecule has 0 unspecified atom stereocenters. The van der Waals surface area contributed by atoms with Crippen LogP contribution in [0.15, 0.2) is 30.3 Å². The van der Waals surface area contributed by atoms with Gasteiger partial charge in [0, 0.05) is 0 Å². The van der Waals surface area contributed by atoms with Crippen molar-refractivity contribution in [3.05, 3.63) is 30.3 Å². The van der Waals surface area contributed by atoms with Gasteiger partial charge in [-0.3, -0.25) is 0 Å². The normalized spacial score (nSPS) is 11.5. The molecule has 0 fully saturated rings. The molecule has 0 aromatic heterocycles. The van der Waals surface area contributed by atoms with Crippen LogP contribution in [0.5, 0.6) is 0 Å². The molecule has 0 atom stereocenters. The van der Waals surface area contributed by atoms with E-state index in [1.54, 1.807) is 24.3 Å². The molecule has 2 radical (unpaired) electrons. The van der Waals surface area contributed by atoms with E-state index in [2.05, 4.69) is 0 Å². The zero-order valence-electron chi connectivity index (χ0n) is 5.64. The van der Waals surface area contributed by atoms with Crippen LogP contribution in [-0.2, 0) is 4.57 Å². The molecule has 58 valence electrons. The quantitative estimate of drug-likeness (QED) is 0.595. The minimum absolute atomic E-state index is 0.837. The van der Waals surface area contributed by atoms with Crippen LogP contribution in [0.1, 0.15) is 0 Å². The van der Waals surface area contributed by atoms with Crippen molar-refractivity contribution >= 4 is 29.4 Å². The van der Waals surface area contributed by atoms with E-state index >= 15 is 0 Å². The van der Waals surface area contributed by atoms with Crippen molar-refractivity contribution in [2.45, 2.75) is 0 Å². The summed E-state index contributed by atoms with van der Waals surface area (Å²) in [5, 5.41) is -3.72. The maximum absolute atomic E-state index is 10.6. The average molecular weight is 277 g/mol. The molecular weight excluding hydrogens is 270 g/mol. The van der Waals surface area contributed by atoms with Crippen molar-refractivity contribution in [2.24, 2.45) is 0 Å². The van der Waals surface area contributed by atoms with Crippen molar-refractivity contribution in [1.82, 2.24) is 0 Å². The molecule has 0 aliphatic rings. The fraction of sp³-hybridized carbons (Fsp3) is 0. The standard InChI is InChI=1S/C6H5.HO3P.Sn/c1-2-4-6-5-3-1;1-4(2)3;/h1-5H;(H-,1,2,3);/q;;-1/p+1. The number of rotatable bonds is 2. The van der Waals surface area contributed by atoms with Gasteiger partial charge in [-0.15, -0.1) is 0 Å². The summed E-state index contributed by atoms with van der Waals surface area (Å²) in [6.07, 6.45) is 0.